The highest BCUT2D eigenvalue weighted by molar-refractivity contribution is 5.54. The van der Waals surface area contributed by atoms with Gasteiger partial charge in [-0.15, -0.1) is 0 Å². The van der Waals surface area contributed by atoms with Crippen LogP contribution in [0.1, 0.15) is 38.5 Å². The van der Waals surface area contributed by atoms with Crippen molar-refractivity contribution in [3.05, 3.63) is 36.4 Å². The van der Waals surface area contributed by atoms with E-state index in [1.807, 2.05) is 24.3 Å². The number of anilines is 2. The highest BCUT2D eigenvalue weighted by Gasteiger charge is 2.03. The van der Waals surface area contributed by atoms with Gasteiger partial charge in [0.25, 0.3) is 0 Å². The van der Waals surface area contributed by atoms with Crippen LogP contribution in [-0.4, -0.2) is 37.5 Å². The molecule has 4 N–H and O–H groups in total. The summed E-state index contributed by atoms with van der Waals surface area (Å²) in [5.41, 5.74) is 1.93. The van der Waals surface area contributed by atoms with Crippen LogP contribution >= 0.6 is 0 Å². The lowest BCUT2D eigenvalue weighted by Crippen LogP contribution is -2.02. The second kappa shape index (κ2) is 11.8. The molecule has 0 heterocycles. The van der Waals surface area contributed by atoms with Crippen molar-refractivity contribution in [2.24, 2.45) is 0 Å². The predicted octanol–water partition coefficient (Wildman–Crippen LogP) is 4.98. The van der Waals surface area contributed by atoms with E-state index >= 15 is 0 Å². The molecule has 0 bridgehead atoms. The number of hydrogen-bond acceptors (Lipinski definition) is 6. The Labute approximate surface area is 167 Å². The molecule has 0 unspecified atom stereocenters. The lowest BCUT2D eigenvalue weighted by atomic mass is 10.1. The number of benzene rings is 2. The minimum absolute atomic E-state index is 0.159. The SMILES string of the molecule is COc1cc(NCCCCCCCCNc2ccc(O)c(OC)c2)ccc1O. The summed E-state index contributed by atoms with van der Waals surface area (Å²) in [6.45, 7) is 1.83. The number of unbranched alkanes of at least 4 members (excludes halogenated alkanes) is 5. The lowest BCUT2D eigenvalue weighted by molar-refractivity contribution is 0.373. The van der Waals surface area contributed by atoms with Gasteiger partial charge >= 0.3 is 0 Å². The van der Waals surface area contributed by atoms with Gasteiger partial charge in [-0.2, -0.15) is 0 Å². The Bertz CT molecular complexity index is 660. The van der Waals surface area contributed by atoms with Gasteiger partial charge in [0.2, 0.25) is 0 Å². The van der Waals surface area contributed by atoms with Gasteiger partial charge < -0.3 is 30.3 Å². The van der Waals surface area contributed by atoms with E-state index in [0.29, 0.717) is 11.5 Å². The normalized spacial score (nSPS) is 10.5. The minimum atomic E-state index is 0.159. The maximum absolute atomic E-state index is 9.59. The van der Waals surface area contributed by atoms with E-state index in [4.69, 9.17) is 9.47 Å². The Morgan fingerprint density at radius 1 is 0.643 bits per heavy atom. The highest BCUT2D eigenvalue weighted by Crippen LogP contribution is 2.29. The first kappa shape index (κ1) is 21.5. The van der Waals surface area contributed by atoms with E-state index in [1.54, 1.807) is 26.4 Å². The zero-order valence-corrected chi connectivity index (χ0v) is 16.8. The largest absolute Gasteiger partial charge is 0.504 e. The van der Waals surface area contributed by atoms with Crippen LogP contribution in [0, 0.1) is 0 Å². The molecule has 0 fully saturated rings. The van der Waals surface area contributed by atoms with Crippen LogP contribution in [0.25, 0.3) is 0 Å². The van der Waals surface area contributed by atoms with Crippen LogP contribution < -0.4 is 20.1 Å². The molecule has 0 spiro atoms. The van der Waals surface area contributed by atoms with Crippen LogP contribution in [0.3, 0.4) is 0 Å². The van der Waals surface area contributed by atoms with Gasteiger partial charge in [0.05, 0.1) is 14.2 Å². The summed E-state index contributed by atoms with van der Waals surface area (Å²) < 4.78 is 10.2. The molecule has 0 aliphatic rings. The number of phenolic OH excluding ortho intramolecular Hbond substituents is 2. The van der Waals surface area contributed by atoms with Crippen LogP contribution in [-0.2, 0) is 0 Å². The first-order valence-corrected chi connectivity index (χ1v) is 9.86. The van der Waals surface area contributed by atoms with Crippen molar-refractivity contribution in [3.8, 4) is 23.0 Å². The van der Waals surface area contributed by atoms with Crippen molar-refractivity contribution in [3.63, 3.8) is 0 Å². The lowest BCUT2D eigenvalue weighted by Gasteiger charge is -2.10. The third-order valence-corrected chi connectivity index (χ3v) is 4.62. The summed E-state index contributed by atoms with van der Waals surface area (Å²) in [6.07, 6.45) is 7.10. The topological polar surface area (TPSA) is 83.0 Å². The summed E-state index contributed by atoms with van der Waals surface area (Å²) in [5.74, 6) is 1.30. The highest BCUT2D eigenvalue weighted by atomic mass is 16.5. The fourth-order valence-electron chi connectivity index (χ4n) is 3.00. The maximum atomic E-state index is 9.59. The molecule has 0 saturated heterocycles. The van der Waals surface area contributed by atoms with Gasteiger partial charge in [0.15, 0.2) is 23.0 Å². The van der Waals surface area contributed by atoms with E-state index in [9.17, 15) is 10.2 Å². The van der Waals surface area contributed by atoms with Crippen LogP contribution in [0.4, 0.5) is 11.4 Å². The quantitative estimate of drug-likeness (QED) is 0.286. The molecular formula is C22H32N2O4. The molecule has 0 radical (unpaired) electrons. The average Bonchev–Trinajstić information content (AvgIpc) is 2.71. The average molecular weight is 389 g/mol. The second-order valence-electron chi connectivity index (χ2n) is 6.75. The number of nitrogens with one attached hydrogen (secondary N) is 2. The molecule has 6 nitrogen and oxygen atoms in total. The summed E-state index contributed by atoms with van der Waals surface area (Å²) >= 11 is 0. The molecule has 0 saturated carbocycles. The number of ether oxygens (including phenoxy) is 2. The Morgan fingerprint density at radius 3 is 1.43 bits per heavy atom. The Kier molecular flexibility index (Phi) is 9.11. The summed E-state index contributed by atoms with van der Waals surface area (Å²) in [6, 6.07) is 10.6. The van der Waals surface area contributed by atoms with Crippen molar-refractivity contribution in [2.75, 3.05) is 37.9 Å². The predicted molar refractivity (Wildman–Crippen MR) is 114 cm³/mol. The van der Waals surface area contributed by atoms with E-state index < -0.39 is 0 Å². The van der Waals surface area contributed by atoms with Crippen LogP contribution in [0.15, 0.2) is 36.4 Å². The fraction of sp³-hybridized carbons (Fsp3) is 0.455. The summed E-state index contributed by atoms with van der Waals surface area (Å²) in [4.78, 5) is 0. The van der Waals surface area contributed by atoms with Gasteiger partial charge in [-0.3, -0.25) is 0 Å². The van der Waals surface area contributed by atoms with E-state index in [1.165, 1.54) is 25.7 Å². The number of methoxy groups -OCH3 is 2. The van der Waals surface area contributed by atoms with Crippen molar-refractivity contribution in [1.82, 2.24) is 0 Å². The standard InChI is InChI=1S/C22H32N2O4/c1-27-21-15-17(9-11-19(21)25)23-13-7-5-3-4-6-8-14-24-18-10-12-20(26)22(16-18)28-2/h9-12,15-16,23-26H,3-8,13-14H2,1-2H3. The second-order valence-corrected chi connectivity index (χ2v) is 6.75. The molecule has 2 rings (SSSR count). The zero-order valence-electron chi connectivity index (χ0n) is 16.8. The van der Waals surface area contributed by atoms with Crippen LogP contribution in [0.5, 0.6) is 23.0 Å². The van der Waals surface area contributed by atoms with E-state index in [2.05, 4.69) is 10.6 Å². The molecule has 0 aliphatic heterocycles. The molecule has 0 aliphatic carbocycles. The first-order chi connectivity index (χ1) is 13.6. The molecule has 154 valence electrons. The van der Waals surface area contributed by atoms with E-state index in [0.717, 1.165) is 37.3 Å². The van der Waals surface area contributed by atoms with Gasteiger partial charge in [0, 0.05) is 36.6 Å². The molecule has 6 heteroatoms. The van der Waals surface area contributed by atoms with Gasteiger partial charge in [-0.1, -0.05) is 25.7 Å². The monoisotopic (exact) mass is 388 g/mol. The van der Waals surface area contributed by atoms with Crippen LogP contribution in [0.2, 0.25) is 0 Å². The third-order valence-electron chi connectivity index (χ3n) is 4.62. The maximum Gasteiger partial charge on any atom is 0.162 e. The van der Waals surface area contributed by atoms with Crippen molar-refractivity contribution in [2.45, 2.75) is 38.5 Å². The molecule has 28 heavy (non-hydrogen) atoms. The number of aromatic hydroxyl groups is 2. The number of rotatable bonds is 13. The van der Waals surface area contributed by atoms with Gasteiger partial charge in [0.1, 0.15) is 0 Å². The first-order valence-electron chi connectivity index (χ1n) is 9.86. The fourth-order valence-corrected chi connectivity index (χ4v) is 3.00. The Balaban J connectivity index is 1.49. The third kappa shape index (κ3) is 7.10. The zero-order chi connectivity index (χ0) is 20.2. The van der Waals surface area contributed by atoms with Crippen molar-refractivity contribution in [1.29, 1.82) is 0 Å². The Morgan fingerprint density at radius 2 is 1.04 bits per heavy atom. The smallest absolute Gasteiger partial charge is 0.162 e. The number of hydrogen-bond donors (Lipinski definition) is 4. The van der Waals surface area contributed by atoms with Crippen molar-refractivity contribution < 1.29 is 19.7 Å². The summed E-state index contributed by atoms with van der Waals surface area (Å²) in [5, 5.41) is 25.9. The van der Waals surface area contributed by atoms with Gasteiger partial charge in [-0.05, 0) is 37.1 Å². The molecule has 0 amide bonds. The molecule has 2 aromatic carbocycles. The Hall–Kier alpha value is -2.76. The minimum Gasteiger partial charge on any atom is -0.504 e. The number of phenols is 2. The summed E-state index contributed by atoms with van der Waals surface area (Å²) in [7, 11) is 3.10. The molecule has 0 aromatic heterocycles. The molecule has 0 atom stereocenters. The van der Waals surface area contributed by atoms with Crippen molar-refractivity contribution >= 4 is 11.4 Å². The molecule has 2 aromatic rings. The van der Waals surface area contributed by atoms with Gasteiger partial charge in [-0.25, -0.2) is 0 Å². The molecular weight excluding hydrogens is 356 g/mol. The van der Waals surface area contributed by atoms with E-state index in [-0.39, 0.29) is 11.5 Å².